The van der Waals surface area contributed by atoms with Gasteiger partial charge in [0.15, 0.2) is 0 Å². The van der Waals surface area contributed by atoms with Crippen LogP contribution in [0.2, 0.25) is 0 Å². The monoisotopic (exact) mass is 358 g/mol. The topological polar surface area (TPSA) is 77.5 Å². The van der Waals surface area contributed by atoms with E-state index in [1.54, 1.807) is 14.2 Å². The van der Waals surface area contributed by atoms with Gasteiger partial charge in [-0.15, -0.1) is 0 Å². The van der Waals surface area contributed by atoms with E-state index in [4.69, 9.17) is 19.9 Å². The minimum Gasteiger partial charge on any atom is -0.497 e. The lowest BCUT2D eigenvalue weighted by molar-refractivity contribution is 0.386. The molecule has 0 unspecified atom stereocenters. The summed E-state index contributed by atoms with van der Waals surface area (Å²) in [5.74, 6) is 1.70. The number of nitrogens with zero attached hydrogens (tertiary/aromatic N) is 1. The summed E-state index contributed by atoms with van der Waals surface area (Å²) in [4.78, 5) is 0. The second-order valence-electron chi connectivity index (χ2n) is 6.24. The van der Waals surface area contributed by atoms with Crippen LogP contribution in [0.3, 0.4) is 0 Å². The molecule has 134 valence electrons. The molecule has 1 atom stereocenters. The predicted molar refractivity (Wildman–Crippen MR) is 103 cm³/mol. The first-order valence-electron chi connectivity index (χ1n) is 8.49. The van der Waals surface area contributed by atoms with Crippen molar-refractivity contribution in [3.63, 3.8) is 0 Å². The minimum absolute atomic E-state index is 0.108. The maximum Gasteiger partial charge on any atom is 0.205 e. The Kier molecular flexibility index (Phi) is 4.09. The van der Waals surface area contributed by atoms with Gasteiger partial charge in [-0.2, -0.15) is 5.26 Å². The third kappa shape index (κ3) is 2.63. The molecule has 3 aromatic rings. The predicted octanol–water partition coefficient (Wildman–Crippen LogP) is 4.08. The highest BCUT2D eigenvalue weighted by Crippen LogP contribution is 2.48. The second kappa shape index (κ2) is 6.58. The molecule has 0 bridgehead atoms. The van der Waals surface area contributed by atoms with Crippen molar-refractivity contribution >= 4 is 10.8 Å². The van der Waals surface area contributed by atoms with Crippen molar-refractivity contribution in [2.75, 3.05) is 14.2 Å². The van der Waals surface area contributed by atoms with Crippen LogP contribution in [0.25, 0.3) is 10.8 Å². The van der Waals surface area contributed by atoms with E-state index in [9.17, 15) is 5.26 Å². The third-order valence-corrected chi connectivity index (χ3v) is 4.86. The number of ether oxygens (including phenoxy) is 3. The number of methoxy groups -OCH3 is 2. The van der Waals surface area contributed by atoms with E-state index in [0.29, 0.717) is 22.8 Å². The molecule has 0 aliphatic carbocycles. The van der Waals surface area contributed by atoms with Crippen LogP contribution < -0.4 is 19.9 Å². The average molecular weight is 358 g/mol. The summed E-state index contributed by atoms with van der Waals surface area (Å²) >= 11 is 0. The summed E-state index contributed by atoms with van der Waals surface area (Å²) in [6, 6.07) is 19.7. The first-order valence-corrected chi connectivity index (χ1v) is 8.49. The number of nitrogens with two attached hydrogens (primary N) is 1. The van der Waals surface area contributed by atoms with Crippen LogP contribution in [-0.4, -0.2) is 14.2 Å². The molecule has 5 heteroatoms. The van der Waals surface area contributed by atoms with Crippen LogP contribution in [0.15, 0.2) is 66.1 Å². The molecule has 27 heavy (non-hydrogen) atoms. The Balaban J connectivity index is 2.03. The highest BCUT2D eigenvalue weighted by molar-refractivity contribution is 5.91. The van der Waals surface area contributed by atoms with Gasteiger partial charge >= 0.3 is 0 Å². The molecule has 0 saturated carbocycles. The fourth-order valence-electron chi connectivity index (χ4n) is 3.57. The zero-order chi connectivity index (χ0) is 19.0. The van der Waals surface area contributed by atoms with Crippen molar-refractivity contribution in [2.24, 2.45) is 5.73 Å². The summed E-state index contributed by atoms with van der Waals surface area (Å²) < 4.78 is 16.8. The lowest BCUT2D eigenvalue weighted by Crippen LogP contribution is -2.21. The number of hydrogen-bond donors (Lipinski definition) is 1. The van der Waals surface area contributed by atoms with E-state index in [2.05, 4.69) is 6.07 Å². The van der Waals surface area contributed by atoms with E-state index < -0.39 is 5.92 Å². The highest BCUT2D eigenvalue weighted by Gasteiger charge is 2.33. The van der Waals surface area contributed by atoms with Gasteiger partial charge in [0, 0.05) is 16.5 Å². The Bertz CT molecular complexity index is 1110. The molecule has 1 heterocycles. The fraction of sp³-hybridized carbons (Fsp3) is 0.136. The Morgan fingerprint density at radius 1 is 1.00 bits per heavy atom. The van der Waals surface area contributed by atoms with Gasteiger partial charge in [0.1, 0.15) is 28.9 Å². The van der Waals surface area contributed by atoms with Crippen molar-refractivity contribution in [3.05, 3.63) is 77.2 Å². The molecule has 0 fully saturated rings. The van der Waals surface area contributed by atoms with E-state index in [-0.39, 0.29) is 5.88 Å². The SMILES string of the molecule is COc1ccc(OC)c([C@@H]2C(C#N)=C(N)Oc3c2ccc2ccccc32)c1. The van der Waals surface area contributed by atoms with Gasteiger partial charge in [-0.3, -0.25) is 0 Å². The van der Waals surface area contributed by atoms with Gasteiger partial charge in [0.05, 0.1) is 20.1 Å². The largest absolute Gasteiger partial charge is 0.497 e. The second-order valence-corrected chi connectivity index (χ2v) is 6.24. The summed E-state index contributed by atoms with van der Waals surface area (Å²) in [5, 5.41) is 11.8. The van der Waals surface area contributed by atoms with Crippen molar-refractivity contribution in [1.29, 1.82) is 5.26 Å². The standard InChI is InChI=1S/C22H18N2O3/c1-25-14-8-10-19(26-2)17(11-14)20-16-9-7-13-5-3-4-6-15(13)21(16)27-22(24)18(20)12-23/h3-11,20H,24H2,1-2H3/t20-/m1/s1. The lowest BCUT2D eigenvalue weighted by atomic mass is 9.82. The smallest absolute Gasteiger partial charge is 0.205 e. The highest BCUT2D eigenvalue weighted by atomic mass is 16.5. The number of rotatable bonds is 3. The number of hydrogen-bond acceptors (Lipinski definition) is 5. The molecule has 0 amide bonds. The van der Waals surface area contributed by atoms with Crippen LogP contribution in [0.1, 0.15) is 17.0 Å². The average Bonchev–Trinajstić information content (AvgIpc) is 2.72. The molecule has 3 aromatic carbocycles. The number of allylic oxidation sites excluding steroid dienone is 1. The quantitative estimate of drug-likeness (QED) is 0.763. The number of nitriles is 1. The van der Waals surface area contributed by atoms with E-state index >= 15 is 0 Å². The molecular weight excluding hydrogens is 340 g/mol. The van der Waals surface area contributed by atoms with Gasteiger partial charge in [0.25, 0.3) is 0 Å². The molecule has 1 aliphatic rings. The van der Waals surface area contributed by atoms with Gasteiger partial charge in [-0.25, -0.2) is 0 Å². The normalized spacial score (nSPS) is 15.7. The molecule has 5 nitrogen and oxygen atoms in total. The summed E-state index contributed by atoms with van der Waals surface area (Å²) in [6.45, 7) is 0. The first kappa shape index (κ1) is 16.8. The molecule has 2 N–H and O–H groups in total. The Hall–Kier alpha value is -3.65. The Morgan fingerprint density at radius 2 is 1.81 bits per heavy atom. The van der Waals surface area contributed by atoms with Crippen molar-refractivity contribution in [3.8, 4) is 23.3 Å². The molecular formula is C22H18N2O3. The van der Waals surface area contributed by atoms with E-state index in [1.807, 2.05) is 54.6 Å². The first-order chi connectivity index (χ1) is 13.2. The molecule has 0 aromatic heterocycles. The van der Waals surface area contributed by atoms with E-state index in [0.717, 1.165) is 21.9 Å². The van der Waals surface area contributed by atoms with Crippen LogP contribution in [0.5, 0.6) is 17.2 Å². The molecule has 0 saturated heterocycles. The Morgan fingerprint density at radius 3 is 2.56 bits per heavy atom. The Labute approximate surface area is 157 Å². The van der Waals surface area contributed by atoms with E-state index in [1.165, 1.54) is 0 Å². The summed E-state index contributed by atoms with van der Waals surface area (Å²) in [6.07, 6.45) is 0. The summed E-state index contributed by atoms with van der Waals surface area (Å²) in [5.41, 5.74) is 8.17. The maximum absolute atomic E-state index is 9.78. The third-order valence-electron chi connectivity index (χ3n) is 4.86. The van der Waals surface area contributed by atoms with Gasteiger partial charge in [-0.1, -0.05) is 36.4 Å². The van der Waals surface area contributed by atoms with Gasteiger partial charge in [0.2, 0.25) is 5.88 Å². The molecule has 0 spiro atoms. The lowest BCUT2D eigenvalue weighted by Gasteiger charge is -2.28. The molecule has 4 rings (SSSR count). The van der Waals surface area contributed by atoms with Gasteiger partial charge < -0.3 is 19.9 Å². The molecule has 1 aliphatic heterocycles. The van der Waals surface area contributed by atoms with Crippen molar-refractivity contribution in [1.82, 2.24) is 0 Å². The summed E-state index contributed by atoms with van der Waals surface area (Å²) in [7, 11) is 3.21. The zero-order valence-corrected chi connectivity index (χ0v) is 15.0. The van der Waals surface area contributed by atoms with Crippen LogP contribution >= 0.6 is 0 Å². The number of fused-ring (bicyclic) bond motifs is 3. The number of benzene rings is 3. The van der Waals surface area contributed by atoms with Gasteiger partial charge in [-0.05, 0) is 23.6 Å². The van der Waals surface area contributed by atoms with Crippen LogP contribution in [0.4, 0.5) is 0 Å². The van der Waals surface area contributed by atoms with Crippen LogP contribution in [-0.2, 0) is 0 Å². The maximum atomic E-state index is 9.78. The molecule has 0 radical (unpaired) electrons. The zero-order valence-electron chi connectivity index (χ0n) is 15.0. The van der Waals surface area contributed by atoms with Crippen molar-refractivity contribution in [2.45, 2.75) is 5.92 Å². The minimum atomic E-state index is -0.409. The van der Waals surface area contributed by atoms with Crippen LogP contribution in [0, 0.1) is 11.3 Å². The fourth-order valence-corrected chi connectivity index (χ4v) is 3.57. The van der Waals surface area contributed by atoms with Crippen molar-refractivity contribution < 1.29 is 14.2 Å².